The summed E-state index contributed by atoms with van der Waals surface area (Å²) in [7, 11) is 5.12. The number of carbonyl (C=O) groups excluding carboxylic acids is 1. The Kier molecular flexibility index (Phi) is 6.00. The van der Waals surface area contributed by atoms with Crippen molar-refractivity contribution in [3.05, 3.63) is 52.3 Å². The second-order valence-electron chi connectivity index (χ2n) is 5.50. The van der Waals surface area contributed by atoms with Crippen LogP contribution in [0.5, 0.6) is 5.75 Å². The number of carbonyl (C=O) groups is 1. The second-order valence-corrected chi connectivity index (χ2v) is 5.86. The van der Waals surface area contributed by atoms with Crippen molar-refractivity contribution in [2.45, 2.75) is 13.5 Å². The molecule has 24 heavy (non-hydrogen) atoms. The average Bonchev–Trinajstić information content (AvgIpc) is 2.79. The van der Waals surface area contributed by atoms with Crippen molar-refractivity contribution in [2.75, 3.05) is 21.2 Å². The molecule has 0 bridgehead atoms. The van der Waals surface area contributed by atoms with E-state index in [2.05, 4.69) is 10.5 Å². The molecule has 0 radical (unpaired) electrons. The van der Waals surface area contributed by atoms with Gasteiger partial charge in [0.1, 0.15) is 10.9 Å². The maximum Gasteiger partial charge on any atom is 0.258 e. The van der Waals surface area contributed by atoms with Crippen LogP contribution in [0.2, 0.25) is 5.15 Å². The van der Waals surface area contributed by atoms with E-state index in [9.17, 15) is 4.79 Å². The molecule has 0 fully saturated rings. The highest BCUT2D eigenvalue weighted by molar-refractivity contribution is 6.31. The van der Waals surface area contributed by atoms with E-state index in [1.165, 1.54) is 6.08 Å². The molecule has 0 saturated heterocycles. The van der Waals surface area contributed by atoms with Crippen LogP contribution >= 0.6 is 11.6 Å². The van der Waals surface area contributed by atoms with Crippen molar-refractivity contribution in [3.8, 4) is 5.75 Å². The van der Waals surface area contributed by atoms with Gasteiger partial charge in [-0.25, -0.2) is 9.69 Å². The van der Waals surface area contributed by atoms with Crippen LogP contribution in [0.3, 0.4) is 0 Å². The molecule has 1 heterocycles. The minimum absolute atomic E-state index is 0.226. The van der Waals surface area contributed by atoms with Crippen LogP contribution < -0.4 is 10.2 Å². The normalized spacial score (nSPS) is 11.2. The Hall–Kier alpha value is -2.31. The highest BCUT2D eigenvalue weighted by Crippen LogP contribution is 2.23. The number of hydrogen-bond donors (Lipinski definition) is 1. The van der Waals surface area contributed by atoms with Crippen LogP contribution in [0, 0.1) is 6.92 Å². The molecule has 0 aliphatic carbocycles. The van der Waals surface area contributed by atoms with E-state index in [0.717, 1.165) is 22.6 Å². The van der Waals surface area contributed by atoms with Crippen LogP contribution in [0.25, 0.3) is 6.08 Å². The molecule has 1 aromatic heterocycles. The van der Waals surface area contributed by atoms with Crippen molar-refractivity contribution in [1.29, 1.82) is 0 Å². The number of nitrogens with one attached hydrogen (secondary N) is 1. The number of benzene rings is 1. The first kappa shape index (κ1) is 18.0. The molecule has 1 N–H and O–H groups in total. The first-order valence-corrected chi connectivity index (χ1v) is 7.80. The largest absolute Gasteiger partial charge is 0.497 e. The lowest BCUT2D eigenvalue weighted by atomic mass is 10.2. The SMILES string of the molecule is COc1cccc(Cn2nc(C)c(/C=C/C(=O)NN(C)C)c2Cl)c1. The van der Waals surface area contributed by atoms with Gasteiger partial charge in [0.25, 0.3) is 5.91 Å². The topological polar surface area (TPSA) is 59.4 Å². The molecule has 0 atom stereocenters. The molecule has 0 saturated carbocycles. The number of rotatable bonds is 6. The molecule has 6 nitrogen and oxygen atoms in total. The lowest BCUT2D eigenvalue weighted by Gasteiger charge is -2.08. The predicted molar refractivity (Wildman–Crippen MR) is 94.9 cm³/mol. The van der Waals surface area contributed by atoms with Gasteiger partial charge in [0.2, 0.25) is 0 Å². The Bertz CT molecular complexity index is 753. The van der Waals surface area contributed by atoms with Gasteiger partial charge in [-0.2, -0.15) is 5.10 Å². The number of nitrogens with zero attached hydrogens (tertiary/aromatic N) is 3. The lowest BCUT2D eigenvalue weighted by Crippen LogP contribution is -2.34. The Balaban J connectivity index is 2.19. The quantitative estimate of drug-likeness (QED) is 0.643. The molecule has 0 spiro atoms. The fraction of sp³-hybridized carbons (Fsp3) is 0.294. The van der Waals surface area contributed by atoms with Gasteiger partial charge in [0.15, 0.2) is 0 Å². The summed E-state index contributed by atoms with van der Waals surface area (Å²) in [6.45, 7) is 2.38. The van der Waals surface area contributed by atoms with Crippen molar-refractivity contribution in [3.63, 3.8) is 0 Å². The second kappa shape index (κ2) is 7.99. The number of ether oxygens (including phenoxy) is 1. The minimum Gasteiger partial charge on any atom is -0.497 e. The number of hydrogen-bond acceptors (Lipinski definition) is 4. The van der Waals surface area contributed by atoms with Gasteiger partial charge in [0.05, 0.1) is 19.3 Å². The van der Waals surface area contributed by atoms with Gasteiger partial charge in [-0.3, -0.25) is 10.2 Å². The lowest BCUT2D eigenvalue weighted by molar-refractivity contribution is -0.119. The summed E-state index contributed by atoms with van der Waals surface area (Å²) in [5, 5.41) is 6.52. The Labute approximate surface area is 146 Å². The molecule has 2 aromatic rings. The van der Waals surface area contributed by atoms with Crippen LogP contribution in [0.15, 0.2) is 30.3 Å². The Morgan fingerprint density at radius 1 is 1.46 bits per heavy atom. The zero-order valence-electron chi connectivity index (χ0n) is 14.2. The molecule has 128 valence electrons. The summed E-state index contributed by atoms with van der Waals surface area (Å²) >= 11 is 6.42. The average molecular weight is 349 g/mol. The van der Waals surface area contributed by atoms with Gasteiger partial charge in [0, 0.05) is 25.7 Å². The highest BCUT2D eigenvalue weighted by atomic mass is 35.5. The molecule has 1 aromatic carbocycles. The molecule has 0 aliphatic heterocycles. The maximum absolute atomic E-state index is 11.7. The third-order valence-electron chi connectivity index (χ3n) is 3.31. The van der Waals surface area contributed by atoms with E-state index >= 15 is 0 Å². The Morgan fingerprint density at radius 3 is 2.88 bits per heavy atom. The van der Waals surface area contributed by atoms with E-state index in [0.29, 0.717) is 11.7 Å². The first-order valence-electron chi connectivity index (χ1n) is 7.42. The van der Waals surface area contributed by atoms with E-state index in [-0.39, 0.29) is 5.91 Å². The number of aromatic nitrogens is 2. The van der Waals surface area contributed by atoms with Gasteiger partial charge in [-0.1, -0.05) is 23.7 Å². The van der Waals surface area contributed by atoms with Gasteiger partial charge >= 0.3 is 0 Å². The van der Waals surface area contributed by atoms with Crippen molar-refractivity contribution >= 4 is 23.6 Å². The predicted octanol–water partition coefficient (Wildman–Crippen LogP) is 2.51. The summed E-state index contributed by atoms with van der Waals surface area (Å²) < 4.78 is 6.93. The van der Waals surface area contributed by atoms with Crippen molar-refractivity contribution in [1.82, 2.24) is 20.2 Å². The monoisotopic (exact) mass is 348 g/mol. The first-order chi connectivity index (χ1) is 11.4. The van der Waals surface area contributed by atoms with Crippen LogP contribution in [-0.2, 0) is 11.3 Å². The molecule has 1 amide bonds. The number of halogens is 1. The summed E-state index contributed by atoms with van der Waals surface area (Å²) in [5.74, 6) is 0.559. The molecule has 2 rings (SSSR count). The van der Waals surface area contributed by atoms with Crippen LogP contribution in [-0.4, -0.2) is 41.9 Å². The van der Waals surface area contributed by atoms with E-state index in [1.54, 1.807) is 37.0 Å². The minimum atomic E-state index is -0.226. The smallest absolute Gasteiger partial charge is 0.258 e. The third-order valence-corrected chi connectivity index (χ3v) is 3.71. The molecular formula is C17H21ClN4O2. The summed E-state index contributed by atoms with van der Waals surface area (Å²) in [5.41, 5.74) is 5.15. The van der Waals surface area contributed by atoms with E-state index in [1.807, 2.05) is 31.2 Å². The molecule has 7 heteroatoms. The zero-order chi connectivity index (χ0) is 17.7. The molecule has 0 aliphatic rings. The van der Waals surface area contributed by atoms with Gasteiger partial charge in [-0.05, 0) is 30.7 Å². The highest BCUT2D eigenvalue weighted by Gasteiger charge is 2.12. The zero-order valence-corrected chi connectivity index (χ0v) is 15.0. The van der Waals surface area contributed by atoms with Gasteiger partial charge in [-0.15, -0.1) is 0 Å². The standard InChI is InChI=1S/C17H21ClN4O2/c1-12-15(8-9-16(23)20-21(2)3)17(18)22(19-12)11-13-6-5-7-14(10-13)24-4/h5-10H,11H2,1-4H3,(H,20,23)/b9-8+. The fourth-order valence-electron chi connectivity index (χ4n) is 2.22. The molecule has 0 unspecified atom stereocenters. The van der Waals surface area contributed by atoms with E-state index in [4.69, 9.17) is 16.3 Å². The maximum atomic E-state index is 11.7. The van der Waals surface area contributed by atoms with Gasteiger partial charge < -0.3 is 4.74 Å². The number of aryl methyl sites for hydroxylation is 1. The fourth-order valence-corrected chi connectivity index (χ4v) is 2.52. The summed E-state index contributed by atoms with van der Waals surface area (Å²) in [4.78, 5) is 11.7. The number of hydrazine groups is 1. The number of amides is 1. The van der Waals surface area contributed by atoms with E-state index < -0.39 is 0 Å². The van der Waals surface area contributed by atoms with Crippen molar-refractivity contribution in [2.24, 2.45) is 0 Å². The summed E-state index contributed by atoms with van der Waals surface area (Å²) in [6.07, 6.45) is 3.11. The Morgan fingerprint density at radius 2 is 2.21 bits per heavy atom. The van der Waals surface area contributed by atoms with Crippen LogP contribution in [0.4, 0.5) is 0 Å². The van der Waals surface area contributed by atoms with Crippen molar-refractivity contribution < 1.29 is 9.53 Å². The molecular weight excluding hydrogens is 328 g/mol. The summed E-state index contributed by atoms with van der Waals surface area (Å²) in [6, 6.07) is 7.73. The number of methoxy groups -OCH3 is 1. The third kappa shape index (κ3) is 4.59. The van der Waals surface area contributed by atoms with Crippen LogP contribution in [0.1, 0.15) is 16.8 Å².